The highest BCUT2D eigenvalue weighted by atomic mass is 35.5. The molecule has 0 radical (unpaired) electrons. The van der Waals surface area contributed by atoms with E-state index < -0.39 is 6.04 Å². The van der Waals surface area contributed by atoms with E-state index in [4.69, 9.17) is 11.6 Å². The summed E-state index contributed by atoms with van der Waals surface area (Å²) in [6.45, 7) is 3.21. The summed E-state index contributed by atoms with van der Waals surface area (Å²) in [7, 11) is 0. The van der Waals surface area contributed by atoms with Crippen molar-refractivity contribution in [3.05, 3.63) is 0 Å². The Kier molecular flexibility index (Phi) is 3.98. The second-order valence-corrected chi connectivity index (χ2v) is 3.87. The molecule has 1 atom stereocenters. The van der Waals surface area contributed by atoms with E-state index in [1.54, 1.807) is 5.01 Å². The number of fused-ring (bicyclic) bond motifs is 1. The normalized spacial score (nSPS) is 21.7. The van der Waals surface area contributed by atoms with E-state index in [0.29, 0.717) is 24.8 Å². The zero-order valence-corrected chi connectivity index (χ0v) is 10.5. The Balaban J connectivity index is 2.06. The van der Waals surface area contributed by atoms with Gasteiger partial charge in [-0.05, 0) is 6.92 Å². The molecule has 2 rings (SSSR count). The maximum Gasteiger partial charge on any atom is 0.269 e. The predicted octanol–water partition coefficient (Wildman–Crippen LogP) is 0.209. The van der Waals surface area contributed by atoms with Gasteiger partial charge in [0.1, 0.15) is 0 Å². The van der Waals surface area contributed by atoms with Gasteiger partial charge in [-0.25, -0.2) is 9.98 Å². The molecule has 96 valence electrons. The van der Waals surface area contributed by atoms with Crippen molar-refractivity contribution in [1.29, 1.82) is 0 Å². The summed E-state index contributed by atoms with van der Waals surface area (Å²) >= 11 is 5.62. The first-order valence-corrected chi connectivity index (χ1v) is 6.00. The van der Waals surface area contributed by atoms with Gasteiger partial charge in [-0.15, -0.1) is 11.6 Å². The van der Waals surface area contributed by atoms with Crippen molar-refractivity contribution >= 4 is 35.6 Å². The first-order valence-electron chi connectivity index (χ1n) is 5.46. The molecule has 1 unspecified atom stereocenters. The number of halogens is 1. The molecule has 1 N–H and O–H groups in total. The van der Waals surface area contributed by atoms with Gasteiger partial charge in [-0.3, -0.25) is 9.80 Å². The summed E-state index contributed by atoms with van der Waals surface area (Å²) in [5, 5.41) is 12.0. The second-order valence-electron chi connectivity index (χ2n) is 3.49. The van der Waals surface area contributed by atoms with E-state index in [1.165, 1.54) is 6.34 Å². The van der Waals surface area contributed by atoms with Gasteiger partial charge in [0.25, 0.3) is 11.9 Å². The molecule has 1 amide bonds. The monoisotopic (exact) mass is 269 g/mol. The highest BCUT2D eigenvalue weighted by molar-refractivity contribution is 6.21. The molecule has 2 aliphatic heterocycles. The molecule has 0 spiro atoms. The maximum absolute atomic E-state index is 11.4. The molecule has 0 aromatic carbocycles. The van der Waals surface area contributed by atoms with Crippen LogP contribution in [0.1, 0.15) is 6.92 Å². The summed E-state index contributed by atoms with van der Waals surface area (Å²) in [4.78, 5) is 23.4. The number of carbonyl (C=O) groups is 1. The third-order valence-electron chi connectivity index (χ3n) is 2.32. The molecule has 9 heteroatoms. The number of hydrogen-bond donors (Lipinski definition) is 1. The Hall–Kier alpha value is -1.83. The van der Waals surface area contributed by atoms with Crippen LogP contribution in [0.15, 0.2) is 25.3 Å². The number of nitrogens with one attached hydrogen (secondary N) is 1. The molecule has 0 saturated carbocycles. The van der Waals surface area contributed by atoms with Crippen molar-refractivity contribution in [3.63, 3.8) is 0 Å². The smallest absolute Gasteiger partial charge is 0.269 e. The molecule has 0 bridgehead atoms. The number of alkyl halides is 1. The first kappa shape index (κ1) is 12.6. The minimum absolute atomic E-state index is 0.150. The van der Waals surface area contributed by atoms with Crippen LogP contribution in [0.5, 0.6) is 0 Å². The summed E-state index contributed by atoms with van der Waals surface area (Å²) in [5.74, 6) is 0.691. The minimum Gasteiger partial charge on any atom is -0.314 e. The SMILES string of the molecule is CCN(CCCl)/N=N/C1=NC2C(=O)NC=NC2=N1. The fourth-order valence-electron chi connectivity index (χ4n) is 1.40. The summed E-state index contributed by atoms with van der Waals surface area (Å²) in [6.07, 6.45) is 1.29. The zero-order valence-electron chi connectivity index (χ0n) is 9.75. The third kappa shape index (κ3) is 2.70. The van der Waals surface area contributed by atoms with E-state index in [0.717, 1.165) is 0 Å². The largest absolute Gasteiger partial charge is 0.314 e. The van der Waals surface area contributed by atoms with Gasteiger partial charge >= 0.3 is 0 Å². The quantitative estimate of drug-likeness (QED) is 0.449. The summed E-state index contributed by atoms with van der Waals surface area (Å²) in [6, 6.07) is -0.702. The fourth-order valence-corrected chi connectivity index (χ4v) is 1.59. The van der Waals surface area contributed by atoms with Crippen molar-refractivity contribution in [2.75, 3.05) is 19.0 Å². The molecule has 0 saturated heterocycles. The minimum atomic E-state index is -0.702. The van der Waals surface area contributed by atoms with E-state index in [2.05, 4.69) is 30.6 Å². The van der Waals surface area contributed by atoms with Crippen molar-refractivity contribution in [2.24, 2.45) is 25.3 Å². The Morgan fingerprint density at radius 1 is 1.61 bits per heavy atom. The Morgan fingerprint density at radius 2 is 2.44 bits per heavy atom. The summed E-state index contributed by atoms with van der Waals surface area (Å²) in [5.41, 5.74) is 0. The first-order chi connectivity index (χ1) is 8.74. The van der Waals surface area contributed by atoms with Crippen molar-refractivity contribution in [3.8, 4) is 0 Å². The number of carbonyl (C=O) groups excluding carboxylic acids is 1. The molecular formula is C9H12ClN7O. The lowest BCUT2D eigenvalue weighted by Gasteiger charge is -2.11. The van der Waals surface area contributed by atoms with Gasteiger partial charge in [0, 0.05) is 12.4 Å². The van der Waals surface area contributed by atoms with Crippen LogP contribution in [-0.2, 0) is 4.79 Å². The van der Waals surface area contributed by atoms with Crippen LogP contribution in [0, 0.1) is 0 Å². The van der Waals surface area contributed by atoms with Crippen LogP contribution >= 0.6 is 11.6 Å². The van der Waals surface area contributed by atoms with Crippen LogP contribution in [0.25, 0.3) is 0 Å². The van der Waals surface area contributed by atoms with E-state index in [1.807, 2.05) is 6.92 Å². The van der Waals surface area contributed by atoms with Gasteiger partial charge in [0.15, 0.2) is 11.9 Å². The molecule has 18 heavy (non-hydrogen) atoms. The molecule has 2 heterocycles. The van der Waals surface area contributed by atoms with Crippen LogP contribution in [0.2, 0.25) is 0 Å². The zero-order chi connectivity index (χ0) is 13.0. The molecule has 0 aromatic rings. The van der Waals surface area contributed by atoms with Gasteiger partial charge in [-0.1, -0.05) is 10.3 Å². The lowest BCUT2D eigenvalue weighted by molar-refractivity contribution is -0.119. The Bertz CT molecular complexity index is 456. The predicted molar refractivity (Wildman–Crippen MR) is 68.1 cm³/mol. The third-order valence-corrected chi connectivity index (χ3v) is 2.49. The van der Waals surface area contributed by atoms with Crippen LogP contribution in [0.3, 0.4) is 0 Å². The highest BCUT2D eigenvalue weighted by Crippen LogP contribution is 2.11. The van der Waals surface area contributed by atoms with Gasteiger partial charge in [-0.2, -0.15) is 4.99 Å². The number of rotatable bonds is 4. The topological polar surface area (TPSA) is 94.1 Å². The Morgan fingerprint density at radius 3 is 3.11 bits per heavy atom. The molecule has 0 fully saturated rings. The lowest BCUT2D eigenvalue weighted by atomic mass is 10.2. The number of aliphatic imine (C=N–C) groups is 3. The molecule has 2 aliphatic rings. The van der Waals surface area contributed by atoms with Crippen molar-refractivity contribution < 1.29 is 4.79 Å². The number of nitrogens with zero attached hydrogens (tertiary/aromatic N) is 6. The van der Waals surface area contributed by atoms with Gasteiger partial charge in [0.05, 0.1) is 12.9 Å². The van der Waals surface area contributed by atoms with E-state index >= 15 is 0 Å². The van der Waals surface area contributed by atoms with Gasteiger partial charge in [0.2, 0.25) is 0 Å². The average molecular weight is 270 g/mol. The van der Waals surface area contributed by atoms with E-state index in [9.17, 15) is 4.79 Å². The molecule has 8 nitrogen and oxygen atoms in total. The van der Waals surface area contributed by atoms with Gasteiger partial charge < -0.3 is 5.32 Å². The number of hydrogen-bond acceptors (Lipinski definition) is 6. The molecular weight excluding hydrogens is 258 g/mol. The number of amidine groups is 1. The molecule has 0 aliphatic carbocycles. The average Bonchev–Trinajstić information content (AvgIpc) is 2.79. The highest BCUT2D eigenvalue weighted by Gasteiger charge is 2.31. The molecule has 0 aromatic heterocycles. The Labute approximate surface area is 109 Å². The number of amides is 1. The van der Waals surface area contributed by atoms with Crippen LogP contribution in [0.4, 0.5) is 0 Å². The van der Waals surface area contributed by atoms with Crippen LogP contribution in [-0.4, -0.2) is 54.1 Å². The maximum atomic E-state index is 11.4. The van der Waals surface area contributed by atoms with Crippen molar-refractivity contribution in [2.45, 2.75) is 13.0 Å². The number of guanidine groups is 1. The summed E-state index contributed by atoms with van der Waals surface area (Å²) < 4.78 is 0. The van der Waals surface area contributed by atoms with Crippen LogP contribution < -0.4 is 5.32 Å². The van der Waals surface area contributed by atoms with Crippen molar-refractivity contribution in [1.82, 2.24) is 10.3 Å². The fraction of sp³-hybridized carbons (Fsp3) is 0.556. The van der Waals surface area contributed by atoms with E-state index in [-0.39, 0.29) is 11.9 Å². The standard InChI is InChI=1S/C9H12ClN7O/c1-2-17(4-3-10)16-15-9-13-6-7(14-9)11-5-12-8(6)18/h5-6H,2-4H2,1H3,(H,11,12,13,14,18)/b16-15+. The lowest BCUT2D eigenvalue weighted by Crippen LogP contribution is -2.40. The second kappa shape index (κ2) is 5.67.